The minimum atomic E-state index is -0.424. The summed E-state index contributed by atoms with van der Waals surface area (Å²) in [5, 5.41) is 0. The van der Waals surface area contributed by atoms with Gasteiger partial charge in [0.1, 0.15) is 17.0 Å². The molecule has 1 heterocycles. The average molecular weight is 250 g/mol. The van der Waals surface area contributed by atoms with E-state index in [0.717, 1.165) is 11.1 Å². The molecule has 1 saturated heterocycles. The van der Waals surface area contributed by atoms with Crippen molar-refractivity contribution in [3.05, 3.63) is 71.8 Å². The SMILES string of the molecule is O=C1CC2(c3ccccc3)OC2(c2ccccc2)C1. The van der Waals surface area contributed by atoms with Crippen LogP contribution in [0.3, 0.4) is 0 Å². The van der Waals surface area contributed by atoms with Gasteiger partial charge in [0.15, 0.2) is 0 Å². The second-order valence-corrected chi connectivity index (χ2v) is 5.38. The number of Topliss-reactive ketones (excluding diaryl/α,β-unsaturated/α-hetero) is 1. The molecule has 2 fully saturated rings. The zero-order valence-corrected chi connectivity index (χ0v) is 10.5. The molecule has 2 atom stereocenters. The Morgan fingerprint density at radius 1 is 0.737 bits per heavy atom. The molecule has 94 valence electrons. The standard InChI is InChI=1S/C17H14O2/c18-15-11-16(13-7-3-1-4-8-13)17(12-15,19-16)14-9-5-2-6-10-14/h1-10H,11-12H2. The van der Waals surface area contributed by atoms with Gasteiger partial charge in [-0.1, -0.05) is 60.7 Å². The Balaban J connectivity index is 1.85. The Morgan fingerprint density at radius 3 is 1.58 bits per heavy atom. The predicted octanol–water partition coefficient (Wildman–Crippen LogP) is 3.17. The molecule has 2 aliphatic rings. The van der Waals surface area contributed by atoms with Crippen LogP contribution in [-0.2, 0) is 20.7 Å². The first-order chi connectivity index (χ1) is 9.27. The van der Waals surface area contributed by atoms with Crippen LogP contribution in [-0.4, -0.2) is 5.78 Å². The van der Waals surface area contributed by atoms with E-state index in [2.05, 4.69) is 24.3 Å². The molecule has 4 rings (SSSR count). The summed E-state index contributed by atoms with van der Waals surface area (Å²) in [5.74, 6) is 0.291. The summed E-state index contributed by atoms with van der Waals surface area (Å²) in [6.45, 7) is 0. The summed E-state index contributed by atoms with van der Waals surface area (Å²) in [6, 6.07) is 20.2. The Morgan fingerprint density at radius 2 is 1.16 bits per heavy atom. The summed E-state index contributed by atoms with van der Waals surface area (Å²) >= 11 is 0. The van der Waals surface area contributed by atoms with Gasteiger partial charge < -0.3 is 4.74 Å². The van der Waals surface area contributed by atoms with Crippen molar-refractivity contribution in [2.45, 2.75) is 24.0 Å². The highest BCUT2D eigenvalue weighted by molar-refractivity contribution is 5.87. The van der Waals surface area contributed by atoms with Crippen LogP contribution in [0.4, 0.5) is 0 Å². The summed E-state index contributed by atoms with van der Waals surface area (Å²) in [4.78, 5) is 12.0. The first-order valence-electron chi connectivity index (χ1n) is 6.60. The maximum absolute atomic E-state index is 12.0. The van der Waals surface area contributed by atoms with Gasteiger partial charge in [-0.2, -0.15) is 0 Å². The lowest BCUT2D eigenvalue weighted by atomic mass is 9.84. The lowest BCUT2D eigenvalue weighted by Gasteiger charge is -2.12. The van der Waals surface area contributed by atoms with Crippen LogP contribution in [0.2, 0.25) is 0 Å². The van der Waals surface area contributed by atoms with Gasteiger partial charge in [0.25, 0.3) is 0 Å². The molecule has 1 saturated carbocycles. The molecule has 0 aromatic heterocycles. The van der Waals surface area contributed by atoms with Gasteiger partial charge in [0.05, 0.1) is 0 Å². The van der Waals surface area contributed by atoms with E-state index >= 15 is 0 Å². The van der Waals surface area contributed by atoms with Gasteiger partial charge in [0.2, 0.25) is 0 Å². The lowest BCUT2D eigenvalue weighted by molar-refractivity contribution is -0.120. The first kappa shape index (κ1) is 10.9. The minimum absolute atomic E-state index is 0.291. The number of benzene rings is 2. The molecule has 2 aromatic carbocycles. The van der Waals surface area contributed by atoms with Crippen molar-refractivity contribution in [2.24, 2.45) is 0 Å². The van der Waals surface area contributed by atoms with Crippen LogP contribution in [0.1, 0.15) is 24.0 Å². The molecule has 0 radical (unpaired) electrons. The zero-order chi connectivity index (χ0) is 12.9. The monoisotopic (exact) mass is 250 g/mol. The molecular formula is C17H14O2. The maximum Gasteiger partial charge on any atom is 0.139 e. The second-order valence-electron chi connectivity index (χ2n) is 5.38. The van der Waals surface area contributed by atoms with E-state index in [-0.39, 0.29) is 0 Å². The normalized spacial score (nSPS) is 32.1. The summed E-state index contributed by atoms with van der Waals surface area (Å²) in [7, 11) is 0. The molecule has 2 aromatic rings. The Bertz CT molecular complexity index is 579. The van der Waals surface area contributed by atoms with Crippen molar-refractivity contribution >= 4 is 5.78 Å². The third-order valence-electron chi connectivity index (χ3n) is 4.33. The van der Waals surface area contributed by atoms with Crippen LogP contribution in [0.5, 0.6) is 0 Å². The third-order valence-corrected chi connectivity index (χ3v) is 4.33. The molecule has 0 bridgehead atoms. The fourth-order valence-corrected chi connectivity index (χ4v) is 3.45. The quantitative estimate of drug-likeness (QED) is 0.766. The molecular weight excluding hydrogens is 236 g/mol. The number of hydrogen-bond acceptors (Lipinski definition) is 2. The number of carbonyl (C=O) groups excluding carboxylic acids is 1. The Labute approximate surface area is 112 Å². The minimum Gasteiger partial charge on any atom is -0.351 e. The van der Waals surface area contributed by atoms with Crippen molar-refractivity contribution < 1.29 is 9.53 Å². The molecule has 0 amide bonds. The van der Waals surface area contributed by atoms with E-state index in [1.165, 1.54) is 0 Å². The van der Waals surface area contributed by atoms with Crippen molar-refractivity contribution in [1.29, 1.82) is 0 Å². The number of ether oxygens (including phenoxy) is 1. The molecule has 2 nitrogen and oxygen atoms in total. The predicted molar refractivity (Wildman–Crippen MR) is 71.6 cm³/mol. The molecule has 0 spiro atoms. The summed E-state index contributed by atoms with van der Waals surface area (Å²) in [6.07, 6.45) is 0.984. The topological polar surface area (TPSA) is 29.6 Å². The number of rotatable bonds is 2. The van der Waals surface area contributed by atoms with Gasteiger partial charge >= 0.3 is 0 Å². The van der Waals surface area contributed by atoms with Crippen LogP contribution in [0.25, 0.3) is 0 Å². The van der Waals surface area contributed by atoms with E-state index in [0.29, 0.717) is 18.6 Å². The third kappa shape index (κ3) is 1.32. The van der Waals surface area contributed by atoms with Gasteiger partial charge in [0, 0.05) is 12.8 Å². The van der Waals surface area contributed by atoms with Crippen molar-refractivity contribution in [3.63, 3.8) is 0 Å². The van der Waals surface area contributed by atoms with Gasteiger partial charge in [-0.15, -0.1) is 0 Å². The molecule has 2 unspecified atom stereocenters. The summed E-state index contributed by atoms with van der Waals surface area (Å²) < 4.78 is 6.15. The van der Waals surface area contributed by atoms with Crippen molar-refractivity contribution in [2.75, 3.05) is 0 Å². The molecule has 1 aliphatic carbocycles. The smallest absolute Gasteiger partial charge is 0.139 e. The second kappa shape index (κ2) is 3.55. The Hall–Kier alpha value is -1.93. The number of hydrogen-bond donors (Lipinski definition) is 0. The van der Waals surface area contributed by atoms with Crippen LogP contribution in [0, 0.1) is 0 Å². The van der Waals surface area contributed by atoms with E-state index in [1.54, 1.807) is 0 Å². The fourth-order valence-electron chi connectivity index (χ4n) is 3.45. The van der Waals surface area contributed by atoms with Crippen LogP contribution < -0.4 is 0 Å². The average Bonchev–Trinajstić information content (AvgIpc) is 3.00. The van der Waals surface area contributed by atoms with Crippen molar-refractivity contribution in [1.82, 2.24) is 0 Å². The molecule has 2 heteroatoms. The maximum atomic E-state index is 12.0. The van der Waals surface area contributed by atoms with Crippen molar-refractivity contribution in [3.8, 4) is 0 Å². The van der Waals surface area contributed by atoms with E-state index < -0.39 is 11.2 Å². The fraction of sp³-hybridized carbons (Fsp3) is 0.235. The summed E-state index contributed by atoms with van der Waals surface area (Å²) in [5.41, 5.74) is 1.38. The van der Waals surface area contributed by atoms with Gasteiger partial charge in [-0.05, 0) is 11.1 Å². The van der Waals surface area contributed by atoms with Crippen LogP contribution >= 0.6 is 0 Å². The largest absolute Gasteiger partial charge is 0.351 e. The van der Waals surface area contributed by atoms with E-state index in [9.17, 15) is 4.79 Å². The van der Waals surface area contributed by atoms with Gasteiger partial charge in [-0.3, -0.25) is 4.79 Å². The highest BCUT2D eigenvalue weighted by Gasteiger charge is 2.76. The Kier molecular flexibility index (Phi) is 2.04. The highest BCUT2D eigenvalue weighted by atomic mass is 16.6. The first-order valence-corrected chi connectivity index (χ1v) is 6.60. The number of ketones is 1. The van der Waals surface area contributed by atoms with E-state index in [1.807, 2.05) is 36.4 Å². The zero-order valence-electron chi connectivity index (χ0n) is 10.5. The number of carbonyl (C=O) groups is 1. The van der Waals surface area contributed by atoms with E-state index in [4.69, 9.17) is 4.74 Å². The lowest BCUT2D eigenvalue weighted by Crippen LogP contribution is -2.15. The van der Waals surface area contributed by atoms with Crippen LogP contribution in [0.15, 0.2) is 60.7 Å². The molecule has 0 N–H and O–H groups in total. The highest BCUT2D eigenvalue weighted by Crippen LogP contribution is 2.70. The molecule has 1 aliphatic heterocycles. The number of fused-ring (bicyclic) bond motifs is 1. The molecule has 19 heavy (non-hydrogen) atoms. The van der Waals surface area contributed by atoms with Gasteiger partial charge in [-0.25, -0.2) is 0 Å². The number of epoxide rings is 1.